The third-order valence-electron chi connectivity index (χ3n) is 3.97. The number of carbonyl (C=O) groups is 1. The molecule has 0 spiro atoms. The average molecular weight is 362 g/mol. The highest BCUT2D eigenvalue weighted by Gasteiger charge is 2.26. The van der Waals surface area contributed by atoms with Gasteiger partial charge in [-0.1, -0.05) is 18.2 Å². The molecule has 0 atom stereocenters. The van der Waals surface area contributed by atoms with Crippen molar-refractivity contribution >= 4 is 12.1 Å². The van der Waals surface area contributed by atoms with Gasteiger partial charge in [0.05, 0.1) is 6.54 Å². The van der Waals surface area contributed by atoms with Crippen LogP contribution in [0.3, 0.4) is 0 Å². The van der Waals surface area contributed by atoms with Gasteiger partial charge in [-0.15, -0.1) is 0 Å². The van der Waals surface area contributed by atoms with Crippen LogP contribution in [-0.4, -0.2) is 66.8 Å². The number of aliphatic imine (C=N–C) groups is 1. The maximum atomic E-state index is 12.1. The fraction of sp³-hybridized carbons (Fsp3) is 0.579. The minimum atomic E-state index is -0.480. The molecular weight excluding hydrogens is 332 g/mol. The van der Waals surface area contributed by atoms with Gasteiger partial charge in [0.15, 0.2) is 5.96 Å². The highest BCUT2D eigenvalue weighted by Crippen LogP contribution is 2.16. The zero-order valence-corrected chi connectivity index (χ0v) is 16.2. The Bertz CT molecular complexity index is 632. The molecule has 26 heavy (non-hydrogen) atoms. The van der Waals surface area contributed by atoms with E-state index in [-0.39, 0.29) is 6.09 Å². The van der Waals surface area contributed by atoms with Crippen molar-refractivity contribution < 1.29 is 14.3 Å². The summed E-state index contributed by atoms with van der Waals surface area (Å²) in [7, 11) is 0. The fourth-order valence-corrected chi connectivity index (χ4v) is 2.58. The molecule has 0 aliphatic carbocycles. The first-order chi connectivity index (χ1) is 12.3. The second kappa shape index (κ2) is 8.78. The van der Waals surface area contributed by atoms with E-state index < -0.39 is 5.60 Å². The number of rotatable bonds is 4. The molecule has 0 aromatic heterocycles. The number of para-hydroxylation sites is 1. The topological polar surface area (TPSA) is 80.4 Å². The largest absolute Gasteiger partial charge is 0.491 e. The Kier molecular flexibility index (Phi) is 6.71. The van der Waals surface area contributed by atoms with Crippen LogP contribution in [0.5, 0.6) is 5.75 Å². The molecule has 7 heteroatoms. The maximum Gasteiger partial charge on any atom is 0.410 e. The number of guanidine groups is 1. The van der Waals surface area contributed by atoms with Gasteiger partial charge in [-0.3, -0.25) is 0 Å². The lowest BCUT2D eigenvalue weighted by atomic mass is 10.2. The smallest absolute Gasteiger partial charge is 0.410 e. The first-order valence-electron chi connectivity index (χ1n) is 8.97. The van der Waals surface area contributed by atoms with E-state index >= 15 is 0 Å². The molecule has 7 nitrogen and oxygen atoms in total. The van der Waals surface area contributed by atoms with Crippen molar-refractivity contribution in [2.24, 2.45) is 10.7 Å². The Morgan fingerprint density at radius 2 is 1.77 bits per heavy atom. The van der Waals surface area contributed by atoms with E-state index in [1.807, 2.05) is 56.9 Å². The predicted molar refractivity (Wildman–Crippen MR) is 103 cm³/mol. The normalized spacial score (nSPS) is 15.8. The summed E-state index contributed by atoms with van der Waals surface area (Å²) in [6, 6.07) is 7.88. The number of carbonyl (C=O) groups excluding carboxylic acids is 1. The maximum absolute atomic E-state index is 12.1. The summed E-state index contributed by atoms with van der Waals surface area (Å²) in [5.74, 6) is 1.36. The molecule has 0 radical (unpaired) electrons. The first-order valence-corrected chi connectivity index (χ1v) is 8.97. The van der Waals surface area contributed by atoms with Gasteiger partial charge >= 0.3 is 6.09 Å². The number of benzene rings is 1. The average Bonchev–Trinajstić information content (AvgIpc) is 2.58. The minimum Gasteiger partial charge on any atom is -0.491 e. The first kappa shape index (κ1) is 19.9. The summed E-state index contributed by atoms with van der Waals surface area (Å²) in [6.45, 7) is 11.0. The van der Waals surface area contributed by atoms with Crippen molar-refractivity contribution in [3.63, 3.8) is 0 Å². The van der Waals surface area contributed by atoms with Gasteiger partial charge in [0, 0.05) is 26.2 Å². The third-order valence-corrected chi connectivity index (χ3v) is 3.97. The van der Waals surface area contributed by atoms with Crippen LogP contribution in [0.1, 0.15) is 26.3 Å². The van der Waals surface area contributed by atoms with E-state index in [0.29, 0.717) is 45.3 Å². The second-order valence-corrected chi connectivity index (χ2v) is 7.31. The van der Waals surface area contributed by atoms with Crippen LogP contribution in [0, 0.1) is 6.92 Å². The Balaban J connectivity index is 1.73. The van der Waals surface area contributed by atoms with E-state index in [4.69, 9.17) is 15.2 Å². The molecule has 1 amide bonds. The van der Waals surface area contributed by atoms with E-state index in [0.717, 1.165) is 11.3 Å². The highest BCUT2D eigenvalue weighted by molar-refractivity contribution is 5.78. The van der Waals surface area contributed by atoms with Crippen LogP contribution in [-0.2, 0) is 4.74 Å². The number of ether oxygens (including phenoxy) is 2. The fourth-order valence-electron chi connectivity index (χ4n) is 2.58. The van der Waals surface area contributed by atoms with E-state index in [1.54, 1.807) is 4.90 Å². The van der Waals surface area contributed by atoms with Crippen molar-refractivity contribution in [1.82, 2.24) is 9.80 Å². The zero-order valence-electron chi connectivity index (χ0n) is 16.2. The van der Waals surface area contributed by atoms with Gasteiger partial charge in [-0.25, -0.2) is 9.79 Å². The molecule has 144 valence electrons. The number of hydrogen-bond acceptors (Lipinski definition) is 4. The molecule has 1 aromatic carbocycles. The molecule has 1 heterocycles. The standard InChI is InChI=1S/C19H30N4O3/c1-15-7-5-6-8-16(15)25-14-9-21-17(20)22-10-12-23(13-11-22)18(24)26-19(2,3)4/h5-8H,9-14H2,1-4H3,(H2,20,21). The van der Waals surface area contributed by atoms with Crippen LogP contribution in [0.15, 0.2) is 29.3 Å². The molecule has 0 unspecified atom stereocenters. The molecule has 1 saturated heterocycles. The lowest BCUT2D eigenvalue weighted by Gasteiger charge is -2.36. The van der Waals surface area contributed by atoms with Crippen molar-refractivity contribution in [2.75, 3.05) is 39.3 Å². The number of hydrogen-bond donors (Lipinski definition) is 1. The minimum absolute atomic E-state index is 0.278. The van der Waals surface area contributed by atoms with Crippen LogP contribution in [0.25, 0.3) is 0 Å². The zero-order chi connectivity index (χ0) is 19.2. The van der Waals surface area contributed by atoms with Crippen LogP contribution in [0.4, 0.5) is 4.79 Å². The van der Waals surface area contributed by atoms with Crippen LogP contribution in [0.2, 0.25) is 0 Å². The van der Waals surface area contributed by atoms with Crippen molar-refractivity contribution in [2.45, 2.75) is 33.3 Å². The summed E-state index contributed by atoms with van der Waals surface area (Å²) in [4.78, 5) is 20.1. The van der Waals surface area contributed by atoms with E-state index in [9.17, 15) is 4.79 Å². The molecular formula is C19H30N4O3. The van der Waals surface area contributed by atoms with Gasteiger partial charge in [0.25, 0.3) is 0 Å². The van der Waals surface area contributed by atoms with Crippen LogP contribution < -0.4 is 10.5 Å². The molecule has 1 aliphatic rings. The summed E-state index contributed by atoms with van der Waals surface area (Å²) >= 11 is 0. The number of amides is 1. The second-order valence-electron chi connectivity index (χ2n) is 7.31. The van der Waals surface area contributed by atoms with Gasteiger partial charge < -0.3 is 25.0 Å². The molecule has 0 bridgehead atoms. The number of aryl methyl sites for hydroxylation is 1. The van der Waals surface area contributed by atoms with E-state index in [1.165, 1.54) is 0 Å². The number of nitrogens with two attached hydrogens (primary N) is 1. The molecule has 2 rings (SSSR count). The van der Waals surface area contributed by atoms with Gasteiger partial charge in [0.2, 0.25) is 0 Å². The summed E-state index contributed by atoms with van der Waals surface area (Å²) < 4.78 is 11.1. The molecule has 1 aliphatic heterocycles. The number of piperazine rings is 1. The molecule has 0 saturated carbocycles. The highest BCUT2D eigenvalue weighted by atomic mass is 16.6. The van der Waals surface area contributed by atoms with Gasteiger partial charge in [-0.2, -0.15) is 0 Å². The lowest BCUT2D eigenvalue weighted by molar-refractivity contribution is 0.0186. The molecule has 1 aromatic rings. The summed E-state index contributed by atoms with van der Waals surface area (Å²) in [5, 5.41) is 0. The third kappa shape index (κ3) is 6.13. The Morgan fingerprint density at radius 1 is 1.15 bits per heavy atom. The summed E-state index contributed by atoms with van der Waals surface area (Å²) in [6.07, 6.45) is -0.278. The predicted octanol–water partition coefficient (Wildman–Crippen LogP) is 2.24. The van der Waals surface area contributed by atoms with E-state index in [2.05, 4.69) is 4.99 Å². The van der Waals surface area contributed by atoms with Crippen molar-refractivity contribution in [3.05, 3.63) is 29.8 Å². The Labute approximate surface area is 155 Å². The Morgan fingerprint density at radius 3 is 2.38 bits per heavy atom. The van der Waals surface area contributed by atoms with Crippen molar-refractivity contribution in [1.29, 1.82) is 0 Å². The quantitative estimate of drug-likeness (QED) is 0.505. The van der Waals surface area contributed by atoms with Gasteiger partial charge in [-0.05, 0) is 39.3 Å². The van der Waals surface area contributed by atoms with Crippen molar-refractivity contribution in [3.8, 4) is 5.75 Å². The SMILES string of the molecule is Cc1ccccc1OCCN=C(N)N1CCN(C(=O)OC(C)(C)C)CC1. The monoisotopic (exact) mass is 362 g/mol. The van der Waals surface area contributed by atoms with Gasteiger partial charge in [0.1, 0.15) is 18.0 Å². The molecule has 2 N–H and O–H groups in total. The Hall–Kier alpha value is -2.44. The van der Waals surface area contributed by atoms with Crippen LogP contribution >= 0.6 is 0 Å². The lowest BCUT2D eigenvalue weighted by Crippen LogP contribution is -2.53. The molecule has 1 fully saturated rings. The number of nitrogens with zero attached hydrogens (tertiary/aromatic N) is 3. The summed E-state index contributed by atoms with van der Waals surface area (Å²) in [5.41, 5.74) is 6.69.